The third kappa shape index (κ3) is 4.71. The van der Waals surface area contributed by atoms with Crippen LogP contribution in [0.4, 0.5) is 5.69 Å². The van der Waals surface area contributed by atoms with Gasteiger partial charge in [0.1, 0.15) is 5.75 Å². The van der Waals surface area contributed by atoms with Crippen molar-refractivity contribution < 1.29 is 19.0 Å². The van der Waals surface area contributed by atoms with Crippen LogP contribution in [0.2, 0.25) is 5.02 Å². The van der Waals surface area contributed by atoms with Crippen molar-refractivity contribution in [3.8, 4) is 28.6 Å². The summed E-state index contributed by atoms with van der Waals surface area (Å²) < 4.78 is 17.0. The van der Waals surface area contributed by atoms with Gasteiger partial charge in [-0.15, -0.1) is 10.2 Å². The van der Waals surface area contributed by atoms with Gasteiger partial charge < -0.3 is 25.4 Å². The van der Waals surface area contributed by atoms with Crippen LogP contribution >= 0.6 is 23.4 Å². The monoisotopic (exact) mass is 449 g/mol. The highest BCUT2D eigenvalue weighted by molar-refractivity contribution is 7.99. The van der Waals surface area contributed by atoms with Crippen molar-refractivity contribution in [1.29, 1.82) is 0 Å². The fourth-order valence-electron chi connectivity index (χ4n) is 2.62. The van der Waals surface area contributed by atoms with E-state index in [0.717, 1.165) is 11.8 Å². The number of halogens is 1. The van der Waals surface area contributed by atoms with E-state index < -0.39 is 0 Å². The lowest BCUT2D eigenvalue weighted by Crippen LogP contribution is -2.16. The Hall–Kier alpha value is -3.11. The zero-order chi connectivity index (χ0) is 21.7. The maximum absolute atomic E-state index is 12.3. The van der Waals surface area contributed by atoms with E-state index in [9.17, 15) is 4.79 Å². The molecule has 1 heterocycles. The molecule has 0 aliphatic heterocycles. The van der Waals surface area contributed by atoms with Crippen LogP contribution in [-0.2, 0) is 4.79 Å². The van der Waals surface area contributed by atoms with Crippen molar-refractivity contribution >= 4 is 35.0 Å². The number of ether oxygens (including phenoxy) is 3. The molecule has 0 aliphatic rings. The molecule has 11 heteroatoms. The molecule has 3 aromatic rings. The van der Waals surface area contributed by atoms with Gasteiger partial charge in [-0.05, 0) is 36.4 Å². The number of rotatable bonds is 8. The van der Waals surface area contributed by atoms with Gasteiger partial charge in [0.25, 0.3) is 0 Å². The first-order valence-corrected chi connectivity index (χ1v) is 10.0. The lowest BCUT2D eigenvalue weighted by atomic mass is 10.2. The molecule has 0 spiro atoms. The van der Waals surface area contributed by atoms with Gasteiger partial charge in [-0.25, -0.2) is 4.68 Å². The van der Waals surface area contributed by atoms with E-state index in [1.165, 1.54) is 11.8 Å². The van der Waals surface area contributed by atoms with Crippen LogP contribution in [0.5, 0.6) is 17.2 Å². The van der Waals surface area contributed by atoms with E-state index in [0.29, 0.717) is 44.5 Å². The van der Waals surface area contributed by atoms with Crippen molar-refractivity contribution in [1.82, 2.24) is 14.9 Å². The number of hydrogen-bond donors (Lipinski definition) is 2. The zero-order valence-corrected chi connectivity index (χ0v) is 18.1. The maximum atomic E-state index is 12.3. The third-order valence-corrected chi connectivity index (χ3v) is 5.31. The highest BCUT2D eigenvalue weighted by atomic mass is 35.5. The zero-order valence-electron chi connectivity index (χ0n) is 16.5. The molecule has 0 saturated heterocycles. The number of amides is 1. The number of nitrogens with one attached hydrogen (secondary N) is 1. The van der Waals surface area contributed by atoms with Gasteiger partial charge in [0, 0.05) is 11.3 Å². The average molecular weight is 450 g/mol. The molecule has 0 unspecified atom stereocenters. The molecular formula is C19H20ClN5O4S. The Morgan fingerprint density at radius 1 is 1.07 bits per heavy atom. The summed E-state index contributed by atoms with van der Waals surface area (Å²) in [4.78, 5) is 12.3. The second-order valence-electron chi connectivity index (χ2n) is 5.93. The molecule has 158 valence electrons. The molecule has 3 rings (SSSR count). The normalized spacial score (nSPS) is 10.5. The summed E-state index contributed by atoms with van der Waals surface area (Å²) >= 11 is 7.23. The summed E-state index contributed by atoms with van der Waals surface area (Å²) in [5.74, 6) is 8.07. The van der Waals surface area contributed by atoms with Crippen LogP contribution < -0.4 is 25.4 Å². The van der Waals surface area contributed by atoms with Gasteiger partial charge in [-0.3, -0.25) is 4.79 Å². The Bertz CT molecular complexity index is 1060. The first-order valence-electron chi connectivity index (χ1n) is 8.66. The van der Waals surface area contributed by atoms with Crippen LogP contribution in [0.1, 0.15) is 0 Å². The van der Waals surface area contributed by atoms with Crippen LogP contribution in [0, 0.1) is 0 Å². The predicted octanol–water partition coefficient (Wildman–Crippen LogP) is 3.07. The molecule has 0 radical (unpaired) electrons. The number of hydrogen-bond acceptors (Lipinski definition) is 8. The van der Waals surface area contributed by atoms with Gasteiger partial charge in [0.05, 0.1) is 32.1 Å². The minimum absolute atomic E-state index is 0.0882. The van der Waals surface area contributed by atoms with Crippen LogP contribution in [0.15, 0.2) is 41.6 Å². The van der Waals surface area contributed by atoms with Gasteiger partial charge >= 0.3 is 0 Å². The second-order valence-corrected chi connectivity index (χ2v) is 7.28. The summed E-state index contributed by atoms with van der Waals surface area (Å²) in [5.41, 5.74) is 1.26. The number of methoxy groups -OCH3 is 3. The topological polar surface area (TPSA) is 114 Å². The second kappa shape index (κ2) is 9.59. The van der Waals surface area contributed by atoms with Crippen molar-refractivity contribution in [3.05, 3.63) is 41.4 Å². The standard InChI is InChI=1S/C19H20ClN5O4S/c1-27-14-7-5-12(9-13(14)20)22-17(26)10-30-19-24-23-18(25(19)21)11-4-6-15(28-2)16(8-11)29-3/h4-9H,10,21H2,1-3H3,(H,22,26). The number of nitrogens with two attached hydrogens (primary N) is 1. The molecule has 1 aromatic heterocycles. The van der Waals surface area contributed by atoms with Crippen LogP contribution in [0.3, 0.4) is 0 Å². The summed E-state index contributed by atoms with van der Waals surface area (Å²) in [6.07, 6.45) is 0. The number of nitrogens with zero attached hydrogens (tertiary/aromatic N) is 3. The van der Waals surface area contributed by atoms with Crippen molar-refractivity contribution in [3.63, 3.8) is 0 Å². The Morgan fingerprint density at radius 3 is 2.43 bits per heavy atom. The molecule has 0 bridgehead atoms. The predicted molar refractivity (Wildman–Crippen MR) is 116 cm³/mol. The van der Waals surface area contributed by atoms with E-state index in [-0.39, 0.29) is 11.7 Å². The largest absolute Gasteiger partial charge is 0.495 e. The highest BCUT2D eigenvalue weighted by Crippen LogP contribution is 2.32. The summed E-state index contributed by atoms with van der Waals surface area (Å²) in [6, 6.07) is 10.3. The molecule has 0 fully saturated rings. The Balaban J connectivity index is 1.66. The first-order chi connectivity index (χ1) is 14.5. The van der Waals surface area contributed by atoms with Gasteiger partial charge in [0.2, 0.25) is 11.1 Å². The number of aromatic nitrogens is 3. The van der Waals surface area contributed by atoms with Crippen LogP contribution in [-0.4, -0.2) is 47.9 Å². The van der Waals surface area contributed by atoms with E-state index in [1.54, 1.807) is 50.6 Å². The van der Waals surface area contributed by atoms with Crippen molar-refractivity contribution in [2.24, 2.45) is 0 Å². The number of carbonyl (C=O) groups excluding carboxylic acids is 1. The highest BCUT2D eigenvalue weighted by Gasteiger charge is 2.16. The molecule has 1 amide bonds. The van der Waals surface area contributed by atoms with E-state index in [1.807, 2.05) is 0 Å². The van der Waals surface area contributed by atoms with Crippen LogP contribution in [0.25, 0.3) is 11.4 Å². The van der Waals surface area contributed by atoms with Gasteiger partial charge in [0.15, 0.2) is 17.3 Å². The number of anilines is 1. The summed E-state index contributed by atoms with van der Waals surface area (Å²) in [5, 5.41) is 11.7. The molecule has 0 saturated carbocycles. The van der Waals surface area contributed by atoms with Gasteiger partial charge in [-0.2, -0.15) is 0 Å². The minimum Gasteiger partial charge on any atom is -0.495 e. The van der Waals surface area contributed by atoms with E-state index in [4.69, 9.17) is 31.7 Å². The smallest absolute Gasteiger partial charge is 0.234 e. The van der Waals surface area contributed by atoms with E-state index >= 15 is 0 Å². The first kappa shape index (κ1) is 21.6. The SMILES string of the molecule is COc1ccc(NC(=O)CSc2nnc(-c3ccc(OC)c(OC)c3)n2N)cc1Cl. The fourth-order valence-corrected chi connectivity index (χ4v) is 3.53. The number of thioether (sulfide) groups is 1. The molecule has 0 aliphatic carbocycles. The Morgan fingerprint density at radius 2 is 1.77 bits per heavy atom. The molecule has 30 heavy (non-hydrogen) atoms. The summed E-state index contributed by atoms with van der Waals surface area (Å²) in [7, 11) is 4.63. The Kier molecular flexibility index (Phi) is 6.91. The molecular weight excluding hydrogens is 430 g/mol. The van der Waals surface area contributed by atoms with Crippen molar-refractivity contribution in [2.75, 3.05) is 38.2 Å². The van der Waals surface area contributed by atoms with Gasteiger partial charge in [-0.1, -0.05) is 23.4 Å². The summed E-state index contributed by atoms with van der Waals surface area (Å²) in [6.45, 7) is 0. The average Bonchev–Trinajstić information content (AvgIpc) is 3.12. The Labute approximate surface area is 182 Å². The fraction of sp³-hybridized carbons (Fsp3) is 0.211. The quantitative estimate of drug-likeness (QED) is 0.398. The van der Waals surface area contributed by atoms with E-state index in [2.05, 4.69) is 15.5 Å². The minimum atomic E-state index is -0.239. The molecule has 2 aromatic carbocycles. The molecule has 0 atom stereocenters. The van der Waals surface area contributed by atoms with Crippen molar-refractivity contribution in [2.45, 2.75) is 5.16 Å². The lowest BCUT2D eigenvalue weighted by Gasteiger charge is -2.09. The number of benzene rings is 2. The lowest BCUT2D eigenvalue weighted by molar-refractivity contribution is -0.113. The third-order valence-electron chi connectivity index (χ3n) is 4.07. The molecule has 9 nitrogen and oxygen atoms in total. The molecule has 3 N–H and O–H groups in total. The number of nitrogen functional groups attached to an aromatic ring is 1. The maximum Gasteiger partial charge on any atom is 0.234 e. The number of carbonyl (C=O) groups is 1.